The van der Waals surface area contributed by atoms with Gasteiger partial charge in [-0.2, -0.15) is 10.2 Å². The maximum absolute atomic E-state index is 14.1. The third-order valence-corrected chi connectivity index (χ3v) is 5.39. The molecule has 0 unspecified atom stereocenters. The lowest BCUT2D eigenvalue weighted by atomic mass is 10.1. The number of halogens is 1. The summed E-state index contributed by atoms with van der Waals surface area (Å²) >= 11 is 0. The van der Waals surface area contributed by atoms with Crippen LogP contribution in [0.5, 0.6) is 5.75 Å². The molecule has 0 aliphatic heterocycles. The second-order valence-electron chi connectivity index (χ2n) is 7.34. The van der Waals surface area contributed by atoms with Gasteiger partial charge in [-0.05, 0) is 36.4 Å². The monoisotopic (exact) mass is 425 g/mol. The highest BCUT2D eigenvalue weighted by Crippen LogP contribution is 2.34. The van der Waals surface area contributed by atoms with E-state index in [1.54, 1.807) is 24.7 Å². The van der Waals surface area contributed by atoms with Crippen molar-refractivity contribution in [2.24, 2.45) is 0 Å². The average Bonchev–Trinajstić information content (AvgIpc) is 3.56. The van der Waals surface area contributed by atoms with Crippen LogP contribution in [0.4, 0.5) is 4.39 Å². The number of nitrogens with zero attached hydrogens (tertiary/aromatic N) is 4. The topological polar surface area (TPSA) is 108 Å². The highest BCUT2D eigenvalue weighted by Gasteiger charge is 2.16. The lowest BCUT2D eigenvalue weighted by molar-refractivity contribution is 0.411. The summed E-state index contributed by atoms with van der Waals surface area (Å²) in [6, 6.07) is 12.2. The van der Waals surface area contributed by atoms with Gasteiger partial charge in [0.15, 0.2) is 0 Å². The second-order valence-corrected chi connectivity index (χ2v) is 7.34. The maximum atomic E-state index is 14.1. The number of aromatic amines is 3. The molecular formula is C23H16FN7O. The Morgan fingerprint density at radius 3 is 2.75 bits per heavy atom. The lowest BCUT2D eigenvalue weighted by Crippen LogP contribution is -1.89. The summed E-state index contributed by atoms with van der Waals surface area (Å²) in [5, 5.41) is 15.2. The van der Waals surface area contributed by atoms with Gasteiger partial charge in [0, 0.05) is 40.5 Å². The molecule has 0 aliphatic rings. The highest BCUT2D eigenvalue weighted by molar-refractivity contribution is 5.99. The molecule has 0 saturated carbocycles. The van der Waals surface area contributed by atoms with Crippen LogP contribution in [-0.4, -0.2) is 42.5 Å². The number of H-pyrrole nitrogens is 3. The van der Waals surface area contributed by atoms with Gasteiger partial charge in [-0.1, -0.05) is 0 Å². The van der Waals surface area contributed by atoms with Crippen LogP contribution >= 0.6 is 0 Å². The average molecular weight is 425 g/mol. The van der Waals surface area contributed by atoms with E-state index in [0.717, 1.165) is 38.9 Å². The molecule has 0 amide bonds. The van der Waals surface area contributed by atoms with Crippen molar-refractivity contribution in [3.8, 4) is 39.7 Å². The number of hydrogen-bond acceptors (Lipinski definition) is 5. The number of fused-ring (bicyclic) bond motifs is 2. The van der Waals surface area contributed by atoms with Crippen LogP contribution < -0.4 is 4.74 Å². The fourth-order valence-electron chi connectivity index (χ4n) is 3.87. The molecule has 6 aromatic rings. The van der Waals surface area contributed by atoms with Crippen LogP contribution in [0, 0.1) is 5.82 Å². The minimum absolute atomic E-state index is 0.386. The van der Waals surface area contributed by atoms with Gasteiger partial charge in [0.2, 0.25) is 0 Å². The second kappa shape index (κ2) is 7.02. The molecule has 0 spiro atoms. The molecule has 0 fully saturated rings. The molecule has 0 atom stereocenters. The van der Waals surface area contributed by atoms with Crippen molar-refractivity contribution >= 4 is 21.9 Å². The predicted octanol–water partition coefficient (Wildman–Crippen LogP) is 4.71. The Hall–Kier alpha value is -4.53. The number of aromatic nitrogens is 7. The van der Waals surface area contributed by atoms with E-state index in [1.807, 2.05) is 24.3 Å². The third-order valence-electron chi connectivity index (χ3n) is 5.39. The van der Waals surface area contributed by atoms with Gasteiger partial charge >= 0.3 is 0 Å². The quantitative estimate of drug-likeness (QED) is 0.379. The normalized spacial score (nSPS) is 11.4. The Bertz CT molecular complexity index is 1580. The van der Waals surface area contributed by atoms with Crippen molar-refractivity contribution in [2.45, 2.75) is 0 Å². The Labute approximate surface area is 180 Å². The zero-order chi connectivity index (χ0) is 21.7. The van der Waals surface area contributed by atoms with E-state index in [-0.39, 0.29) is 5.82 Å². The molecule has 0 bridgehead atoms. The fraction of sp³-hybridized carbons (Fsp3) is 0.0435. The summed E-state index contributed by atoms with van der Waals surface area (Å²) in [5.74, 6) is 0.0482. The van der Waals surface area contributed by atoms with E-state index in [4.69, 9.17) is 9.72 Å². The smallest absolute Gasteiger partial charge is 0.135 e. The Kier molecular flexibility index (Phi) is 4.00. The van der Waals surface area contributed by atoms with Gasteiger partial charge in [-0.15, -0.1) is 0 Å². The van der Waals surface area contributed by atoms with E-state index in [9.17, 15) is 4.39 Å². The Morgan fingerprint density at radius 1 is 0.969 bits per heavy atom. The first kappa shape index (κ1) is 18.3. The summed E-state index contributed by atoms with van der Waals surface area (Å²) in [4.78, 5) is 12.7. The summed E-state index contributed by atoms with van der Waals surface area (Å²) in [5.41, 5.74) is 6.83. The van der Waals surface area contributed by atoms with Crippen molar-refractivity contribution in [3.05, 3.63) is 66.9 Å². The van der Waals surface area contributed by atoms with Gasteiger partial charge in [0.25, 0.3) is 0 Å². The number of rotatable bonds is 4. The zero-order valence-electron chi connectivity index (χ0n) is 16.8. The minimum Gasteiger partial charge on any atom is -0.497 e. The molecule has 3 N–H and O–H groups in total. The van der Waals surface area contributed by atoms with Crippen molar-refractivity contribution in [1.82, 2.24) is 35.3 Å². The highest BCUT2D eigenvalue weighted by atomic mass is 19.1. The van der Waals surface area contributed by atoms with Gasteiger partial charge in [-0.25, -0.2) is 9.37 Å². The first-order valence-electron chi connectivity index (χ1n) is 9.87. The molecule has 156 valence electrons. The van der Waals surface area contributed by atoms with Gasteiger partial charge in [-0.3, -0.25) is 15.2 Å². The van der Waals surface area contributed by atoms with E-state index >= 15 is 0 Å². The Balaban J connectivity index is 1.51. The summed E-state index contributed by atoms with van der Waals surface area (Å²) < 4.78 is 19.3. The van der Waals surface area contributed by atoms with Crippen molar-refractivity contribution in [3.63, 3.8) is 0 Å². The zero-order valence-corrected chi connectivity index (χ0v) is 16.8. The van der Waals surface area contributed by atoms with Crippen LogP contribution in [0.1, 0.15) is 0 Å². The SMILES string of the molecule is COc1cc(F)cc(-c2nccc3[nH]c(-c4n[nH]c5ccc(-c6cn[nH]c6)nc45)cc23)c1. The number of pyridine rings is 2. The van der Waals surface area contributed by atoms with Crippen LogP contribution in [-0.2, 0) is 0 Å². The van der Waals surface area contributed by atoms with Crippen LogP contribution in [0.3, 0.4) is 0 Å². The van der Waals surface area contributed by atoms with Gasteiger partial charge < -0.3 is 9.72 Å². The predicted molar refractivity (Wildman–Crippen MR) is 119 cm³/mol. The van der Waals surface area contributed by atoms with E-state index in [0.29, 0.717) is 22.7 Å². The molecule has 5 aromatic heterocycles. The van der Waals surface area contributed by atoms with E-state index in [2.05, 4.69) is 30.4 Å². The van der Waals surface area contributed by atoms with Crippen LogP contribution in [0.2, 0.25) is 0 Å². The lowest BCUT2D eigenvalue weighted by Gasteiger charge is -2.06. The van der Waals surface area contributed by atoms with Crippen LogP contribution in [0.25, 0.3) is 55.8 Å². The molecule has 1 aromatic carbocycles. The molecule has 0 saturated heterocycles. The van der Waals surface area contributed by atoms with Crippen molar-refractivity contribution in [1.29, 1.82) is 0 Å². The number of methoxy groups -OCH3 is 1. The third kappa shape index (κ3) is 2.90. The molecular weight excluding hydrogens is 409 g/mol. The molecule has 32 heavy (non-hydrogen) atoms. The number of ether oxygens (including phenoxy) is 1. The summed E-state index contributed by atoms with van der Waals surface area (Å²) in [7, 11) is 1.51. The summed E-state index contributed by atoms with van der Waals surface area (Å²) in [6.45, 7) is 0. The first-order chi connectivity index (χ1) is 15.7. The maximum Gasteiger partial charge on any atom is 0.135 e. The van der Waals surface area contributed by atoms with Gasteiger partial charge in [0.1, 0.15) is 22.8 Å². The molecule has 0 aliphatic carbocycles. The molecule has 8 nitrogen and oxygen atoms in total. The van der Waals surface area contributed by atoms with E-state index < -0.39 is 0 Å². The van der Waals surface area contributed by atoms with Crippen LogP contribution in [0.15, 0.2) is 61.1 Å². The fourth-order valence-corrected chi connectivity index (χ4v) is 3.87. The van der Waals surface area contributed by atoms with Crippen molar-refractivity contribution in [2.75, 3.05) is 7.11 Å². The van der Waals surface area contributed by atoms with Gasteiger partial charge in [0.05, 0.1) is 35.9 Å². The first-order valence-corrected chi connectivity index (χ1v) is 9.87. The Morgan fingerprint density at radius 2 is 1.91 bits per heavy atom. The minimum atomic E-state index is -0.386. The molecule has 5 heterocycles. The molecule has 9 heteroatoms. The van der Waals surface area contributed by atoms with Crippen molar-refractivity contribution < 1.29 is 9.13 Å². The largest absolute Gasteiger partial charge is 0.497 e. The molecule has 0 radical (unpaired) electrons. The van der Waals surface area contributed by atoms with E-state index in [1.165, 1.54) is 19.2 Å². The number of benzene rings is 1. The molecule has 6 rings (SSSR count). The number of hydrogen-bond donors (Lipinski definition) is 3. The summed E-state index contributed by atoms with van der Waals surface area (Å²) in [6.07, 6.45) is 5.21. The standard InChI is InChI=1S/C23H16FN7O/c1-32-15-7-12(6-14(24)8-15)21-16-9-20(28-18(16)4-5-25-21)23-22-19(30-31-23)3-2-17(29-22)13-10-26-27-11-13/h2-11,28H,1H3,(H,26,27)(H,30,31). The number of nitrogens with one attached hydrogen (secondary N) is 3.